The standard InChI is InChI=1S/C17H29NO/c1-5-6-13-18-15(3)11-12-16(4)19-17-10-8-7-9-14(17)2/h7-10,15-16,18H,5-6,11-13H2,1-4H3/p+1/t15-,16-/m0/s1. The van der Waals surface area contributed by atoms with Crippen LogP contribution in [0.2, 0.25) is 0 Å². The Hall–Kier alpha value is -1.02. The van der Waals surface area contributed by atoms with E-state index in [1.807, 2.05) is 6.07 Å². The third-order valence-electron chi connectivity index (χ3n) is 3.58. The van der Waals surface area contributed by atoms with E-state index in [-0.39, 0.29) is 0 Å². The molecule has 1 aromatic carbocycles. The lowest BCUT2D eigenvalue weighted by Crippen LogP contribution is -2.89. The first kappa shape index (κ1) is 16.0. The summed E-state index contributed by atoms with van der Waals surface area (Å²) >= 11 is 0. The number of aryl methyl sites for hydroxylation is 1. The minimum atomic E-state index is 0.295. The van der Waals surface area contributed by atoms with Crippen LogP contribution in [-0.4, -0.2) is 18.7 Å². The molecule has 0 aromatic heterocycles. The molecule has 0 saturated carbocycles. The Kier molecular flexibility index (Phi) is 7.57. The minimum Gasteiger partial charge on any atom is -0.490 e. The molecule has 2 N–H and O–H groups in total. The molecule has 2 heteroatoms. The van der Waals surface area contributed by atoms with Crippen molar-refractivity contribution < 1.29 is 10.1 Å². The maximum atomic E-state index is 6.01. The smallest absolute Gasteiger partial charge is 0.122 e. The van der Waals surface area contributed by atoms with Crippen LogP contribution in [0.4, 0.5) is 0 Å². The van der Waals surface area contributed by atoms with Gasteiger partial charge in [0.1, 0.15) is 5.75 Å². The monoisotopic (exact) mass is 264 g/mol. The summed E-state index contributed by atoms with van der Waals surface area (Å²) < 4.78 is 6.01. The molecule has 0 aliphatic carbocycles. The molecule has 1 aromatic rings. The van der Waals surface area contributed by atoms with Crippen molar-refractivity contribution in [3.63, 3.8) is 0 Å². The topological polar surface area (TPSA) is 25.8 Å². The number of rotatable bonds is 9. The van der Waals surface area contributed by atoms with E-state index in [0.29, 0.717) is 12.1 Å². The Bertz CT molecular complexity index is 351. The van der Waals surface area contributed by atoms with E-state index in [1.165, 1.54) is 31.4 Å². The molecule has 19 heavy (non-hydrogen) atoms. The molecule has 0 aliphatic heterocycles. The van der Waals surface area contributed by atoms with Crippen molar-refractivity contribution in [1.82, 2.24) is 0 Å². The Labute approximate surface area is 118 Å². The lowest BCUT2D eigenvalue weighted by atomic mass is 10.1. The molecule has 0 aliphatic rings. The Morgan fingerprint density at radius 1 is 1.16 bits per heavy atom. The molecule has 108 valence electrons. The van der Waals surface area contributed by atoms with Crippen LogP contribution in [0.25, 0.3) is 0 Å². The second-order valence-electron chi connectivity index (χ2n) is 5.63. The molecule has 0 bridgehead atoms. The van der Waals surface area contributed by atoms with Crippen LogP contribution in [0.1, 0.15) is 52.0 Å². The van der Waals surface area contributed by atoms with E-state index < -0.39 is 0 Å². The maximum absolute atomic E-state index is 6.01. The number of hydrogen-bond acceptors (Lipinski definition) is 1. The normalized spacial score (nSPS) is 14.1. The van der Waals surface area contributed by atoms with E-state index >= 15 is 0 Å². The van der Waals surface area contributed by atoms with E-state index in [1.54, 1.807) is 0 Å². The van der Waals surface area contributed by atoms with Gasteiger partial charge < -0.3 is 10.1 Å². The zero-order valence-electron chi connectivity index (χ0n) is 13.0. The third kappa shape index (κ3) is 6.63. The molecule has 0 heterocycles. The third-order valence-corrected chi connectivity index (χ3v) is 3.58. The van der Waals surface area contributed by atoms with Crippen molar-refractivity contribution in [2.24, 2.45) is 0 Å². The second kappa shape index (κ2) is 8.98. The number of unbranched alkanes of at least 4 members (excludes halogenated alkanes) is 1. The average molecular weight is 264 g/mol. The van der Waals surface area contributed by atoms with Crippen molar-refractivity contribution in [2.75, 3.05) is 6.54 Å². The summed E-state index contributed by atoms with van der Waals surface area (Å²) in [5, 5.41) is 2.46. The molecule has 0 fully saturated rings. The van der Waals surface area contributed by atoms with Gasteiger partial charge in [-0.15, -0.1) is 0 Å². The summed E-state index contributed by atoms with van der Waals surface area (Å²) in [6, 6.07) is 8.95. The zero-order valence-corrected chi connectivity index (χ0v) is 13.0. The number of quaternary nitrogens is 1. The highest BCUT2D eigenvalue weighted by Gasteiger charge is 2.10. The highest BCUT2D eigenvalue weighted by Crippen LogP contribution is 2.19. The molecule has 0 unspecified atom stereocenters. The van der Waals surface area contributed by atoms with Crippen LogP contribution in [0.15, 0.2) is 24.3 Å². The minimum absolute atomic E-state index is 0.295. The SMILES string of the molecule is CCCC[NH2+][C@@H](C)CC[C@H](C)Oc1ccccc1C. The van der Waals surface area contributed by atoms with E-state index in [9.17, 15) is 0 Å². The molecule has 0 saturated heterocycles. The summed E-state index contributed by atoms with van der Waals surface area (Å²) in [6.45, 7) is 10.1. The molecule has 0 spiro atoms. The fourth-order valence-electron chi connectivity index (χ4n) is 2.19. The molecule has 0 amide bonds. The van der Waals surface area contributed by atoms with Gasteiger partial charge in [-0.25, -0.2) is 0 Å². The fraction of sp³-hybridized carbons (Fsp3) is 0.647. The highest BCUT2D eigenvalue weighted by molar-refractivity contribution is 5.31. The van der Waals surface area contributed by atoms with Crippen molar-refractivity contribution in [1.29, 1.82) is 0 Å². The van der Waals surface area contributed by atoms with Gasteiger partial charge in [0.2, 0.25) is 0 Å². The lowest BCUT2D eigenvalue weighted by Gasteiger charge is -2.18. The quantitative estimate of drug-likeness (QED) is 0.680. The van der Waals surface area contributed by atoms with Gasteiger partial charge in [-0.3, -0.25) is 0 Å². The molecular weight excluding hydrogens is 234 g/mol. The number of hydrogen-bond donors (Lipinski definition) is 1. The van der Waals surface area contributed by atoms with Crippen molar-refractivity contribution >= 4 is 0 Å². The van der Waals surface area contributed by atoms with Gasteiger partial charge in [-0.1, -0.05) is 31.5 Å². The average Bonchev–Trinajstić information content (AvgIpc) is 2.39. The van der Waals surface area contributed by atoms with E-state index in [2.05, 4.69) is 51.2 Å². The van der Waals surface area contributed by atoms with Gasteiger partial charge in [0.25, 0.3) is 0 Å². The number of ether oxygens (including phenoxy) is 1. The van der Waals surface area contributed by atoms with Crippen molar-refractivity contribution in [2.45, 2.75) is 65.5 Å². The predicted octanol–water partition coefficient (Wildman–Crippen LogP) is 3.29. The van der Waals surface area contributed by atoms with Crippen LogP contribution in [-0.2, 0) is 0 Å². The Morgan fingerprint density at radius 2 is 1.89 bits per heavy atom. The van der Waals surface area contributed by atoms with Crippen molar-refractivity contribution in [3.05, 3.63) is 29.8 Å². The summed E-state index contributed by atoms with van der Waals surface area (Å²) in [5.74, 6) is 1.03. The van der Waals surface area contributed by atoms with Crippen LogP contribution in [0, 0.1) is 6.92 Å². The molecule has 0 radical (unpaired) electrons. The first-order valence-corrected chi connectivity index (χ1v) is 7.69. The summed E-state index contributed by atoms with van der Waals surface area (Å²) in [5.41, 5.74) is 1.22. The van der Waals surface area contributed by atoms with Crippen LogP contribution in [0.5, 0.6) is 5.75 Å². The highest BCUT2D eigenvalue weighted by atomic mass is 16.5. The zero-order chi connectivity index (χ0) is 14.1. The Morgan fingerprint density at radius 3 is 2.58 bits per heavy atom. The van der Waals surface area contributed by atoms with Gasteiger partial charge in [0.05, 0.1) is 18.7 Å². The van der Waals surface area contributed by atoms with Crippen LogP contribution in [0.3, 0.4) is 0 Å². The molecule has 1 rings (SSSR count). The van der Waals surface area contributed by atoms with Crippen LogP contribution < -0.4 is 10.1 Å². The fourth-order valence-corrected chi connectivity index (χ4v) is 2.19. The number of benzene rings is 1. The van der Waals surface area contributed by atoms with Gasteiger partial charge in [0, 0.05) is 6.42 Å². The van der Waals surface area contributed by atoms with Crippen LogP contribution >= 0.6 is 0 Å². The van der Waals surface area contributed by atoms with E-state index in [4.69, 9.17) is 4.74 Å². The largest absolute Gasteiger partial charge is 0.490 e. The first-order valence-electron chi connectivity index (χ1n) is 7.69. The maximum Gasteiger partial charge on any atom is 0.122 e. The summed E-state index contributed by atoms with van der Waals surface area (Å²) in [4.78, 5) is 0. The summed E-state index contributed by atoms with van der Waals surface area (Å²) in [7, 11) is 0. The molecular formula is C17H30NO+. The molecule has 2 nitrogen and oxygen atoms in total. The van der Waals surface area contributed by atoms with Gasteiger partial charge in [-0.2, -0.15) is 0 Å². The Balaban J connectivity index is 2.24. The predicted molar refractivity (Wildman–Crippen MR) is 81.7 cm³/mol. The lowest BCUT2D eigenvalue weighted by molar-refractivity contribution is -0.687. The van der Waals surface area contributed by atoms with Crippen molar-refractivity contribution in [3.8, 4) is 5.75 Å². The first-order chi connectivity index (χ1) is 9.13. The number of nitrogens with two attached hydrogens (primary N) is 1. The van der Waals surface area contributed by atoms with Gasteiger partial charge in [0.15, 0.2) is 0 Å². The molecule has 2 atom stereocenters. The summed E-state index contributed by atoms with van der Waals surface area (Å²) in [6.07, 6.45) is 5.24. The van der Waals surface area contributed by atoms with E-state index in [0.717, 1.165) is 12.2 Å². The second-order valence-corrected chi connectivity index (χ2v) is 5.63. The van der Waals surface area contributed by atoms with Gasteiger partial charge >= 0.3 is 0 Å². The number of para-hydroxylation sites is 1. The van der Waals surface area contributed by atoms with Gasteiger partial charge in [-0.05, 0) is 45.2 Å².